The van der Waals surface area contributed by atoms with Crippen LogP contribution in [0.1, 0.15) is 47.2 Å². The lowest BCUT2D eigenvalue weighted by Gasteiger charge is -2.17. The molecule has 0 fully saturated rings. The van der Waals surface area contributed by atoms with Gasteiger partial charge in [0.2, 0.25) is 5.91 Å². The van der Waals surface area contributed by atoms with Crippen molar-refractivity contribution < 1.29 is 9.59 Å². The Bertz CT molecular complexity index is 1290. The van der Waals surface area contributed by atoms with E-state index in [9.17, 15) is 9.59 Å². The van der Waals surface area contributed by atoms with Gasteiger partial charge in [0, 0.05) is 11.3 Å². The van der Waals surface area contributed by atoms with Crippen molar-refractivity contribution in [3.8, 4) is 0 Å². The molecule has 6 nitrogen and oxygen atoms in total. The van der Waals surface area contributed by atoms with E-state index in [2.05, 4.69) is 17.6 Å². The van der Waals surface area contributed by atoms with Crippen molar-refractivity contribution in [2.45, 2.75) is 39.8 Å². The van der Waals surface area contributed by atoms with Crippen molar-refractivity contribution in [1.82, 2.24) is 14.9 Å². The van der Waals surface area contributed by atoms with E-state index in [-0.39, 0.29) is 24.4 Å². The van der Waals surface area contributed by atoms with E-state index in [1.54, 1.807) is 12.1 Å². The number of amides is 2. The number of rotatable bonds is 7. The summed E-state index contributed by atoms with van der Waals surface area (Å²) in [5, 5.41) is 6.10. The lowest BCUT2D eigenvalue weighted by Crippen LogP contribution is -2.30. The van der Waals surface area contributed by atoms with Crippen molar-refractivity contribution >= 4 is 28.5 Å². The van der Waals surface area contributed by atoms with Gasteiger partial charge >= 0.3 is 0 Å². The molecule has 1 atom stereocenters. The third-order valence-corrected chi connectivity index (χ3v) is 5.76. The maximum atomic E-state index is 13.1. The van der Waals surface area contributed by atoms with Gasteiger partial charge in [-0.1, -0.05) is 55.5 Å². The first-order valence-electron chi connectivity index (χ1n) is 11.2. The summed E-state index contributed by atoms with van der Waals surface area (Å²) in [5.74, 6) is 0.319. The van der Waals surface area contributed by atoms with Crippen molar-refractivity contribution in [3.63, 3.8) is 0 Å². The molecule has 0 radical (unpaired) electrons. The van der Waals surface area contributed by atoms with Gasteiger partial charge in [-0.2, -0.15) is 0 Å². The van der Waals surface area contributed by atoms with Crippen LogP contribution >= 0.6 is 0 Å². The van der Waals surface area contributed by atoms with Crippen LogP contribution in [-0.4, -0.2) is 21.4 Å². The van der Waals surface area contributed by atoms with Crippen LogP contribution in [0, 0.1) is 6.92 Å². The van der Waals surface area contributed by atoms with Gasteiger partial charge in [-0.15, -0.1) is 0 Å². The van der Waals surface area contributed by atoms with E-state index in [1.807, 2.05) is 79.1 Å². The van der Waals surface area contributed by atoms with Crippen molar-refractivity contribution in [3.05, 3.63) is 95.3 Å². The van der Waals surface area contributed by atoms with Crippen LogP contribution < -0.4 is 10.6 Å². The molecule has 0 bridgehead atoms. The van der Waals surface area contributed by atoms with Crippen LogP contribution in [0.5, 0.6) is 0 Å². The standard InChI is InChI=1S/C27H28N4O2/c1-4-20-14-10-11-18(2)25(20)30-24(32)17-31-23-16-9-8-15-22(23)29-26(31)19(3)28-27(33)21-12-6-5-7-13-21/h5-16,19H,4,17H2,1-3H3,(H,28,33)(H,30,32). The summed E-state index contributed by atoms with van der Waals surface area (Å²) in [4.78, 5) is 30.6. The van der Waals surface area contributed by atoms with Gasteiger partial charge in [-0.05, 0) is 55.7 Å². The second-order valence-corrected chi connectivity index (χ2v) is 8.12. The van der Waals surface area contributed by atoms with Gasteiger partial charge in [0.1, 0.15) is 12.4 Å². The van der Waals surface area contributed by atoms with Gasteiger partial charge in [0.05, 0.1) is 17.1 Å². The number of hydrogen-bond donors (Lipinski definition) is 2. The number of nitrogens with zero attached hydrogens (tertiary/aromatic N) is 2. The summed E-state index contributed by atoms with van der Waals surface area (Å²) in [5.41, 5.74) is 5.21. The number of hydrogen-bond acceptors (Lipinski definition) is 3. The summed E-state index contributed by atoms with van der Waals surface area (Å²) >= 11 is 0. The number of imidazole rings is 1. The van der Waals surface area contributed by atoms with Crippen LogP contribution in [0.25, 0.3) is 11.0 Å². The van der Waals surface area contributed by atoms with E-state index >= 15 is 0 Å². The number of anilines is 1. The monoisotopic (exact) mass is 440 g/mol. The van der Waals surface area contributed by atoms with Gasteiger partial charge in [-0.3, -0.25) is 9.59 Å². The average molecular weight is 441 g/mol. The Morgan fingerprint density at radius 3 is 2.45 bits per heavy atom. The van der Waals surface area contributed by atoms with Crippen LogP contribution in [0.2, 0.25) is 0 Å². The van der Waals surface area contributed by atoms with Crippen molar-refractivity contribution in [2.24, 2.45) is 0 Å². The van der Waals surface area contributed by atoms with Gasteiger partial charge in [0.25, 0.3) is 5.91 Å². The topological polar surface area (TPSA) is 76.0 Å². The molecule has 0 aliphatic carbocycles. The summed E-state index contributed by atoms with van der Waals surface area (Å²) in [6, 6.07) is 22.4. The van der Waals surface area contributed by atoms with Gasteiger partial charge in [0.15, 0.2) is 0 Å². The molecule has 0 aliphatic rings. The Morgan fingerprint density at radius 1 is 0.970 bits per heavy atom. The van der Waals surface area contributed by atoms with E-state index in [1.165, 1.54) is 0 Å². The fourth-order valence-corrected chi connectivity index (χ4v) is 4.05. The smallest absolute Gasteiger partial charge is 0.251 e. The van der Waals surface area contributed by atoms with Crippen LogP contribution in [0.15, 0.2) is 72.8 Å². The molecule has 33 heavy (non-hydrogen) atoms. The molecule has 6 heteroatoms. The molecule has 2 amide bonds. The summed E-state index contributed by atoms with van der Waals surface area (Å²) in [7, 11) is 0. The zero-order chi connectivity index (χ0) is 23.4. The third-order valence-electron chi connectivity index (χ3n) is 5.76. The molecule has 0 saturated heterocycles. The molecular formula is C27H28N4O2. The third kappa shape index (κ3) is 4.80. The highest BCUT2D eigenvalue weighted by atomic mass is 16.2. The molecule has 2 N–H and O–H groups in total. The molecule has 4 aromatic rings. The maximum Gasteiger partial charge on any atom is 0.251 e. The highest BCUT2D eigenvalue weighted by molar-refractivity contribution is 5.95. The average Bonchev–Trinajstić information content (AvgIpc) is 3.19. The Hall–Kier alpha value is -3.93. The molecule has 1 heterocycles. The molecule has 0 spiro atoms. The van der Waals surface area contributed by atoms with Gasteiger partial charge in [-0.25, -0.2) is 4.98 Å². The minimum Gasteiger partial charge on any atom is -0.342 e. The maximum absolute atomic E-state index is 13.1. The zero-order valence-electron chi connectivity index (χ0n) is 19.1. The van der Waals surface area contributed by atoms with Crippen LogP contribution in [-0.2, 0) is 17.8 Å². The first kappa shape index (κ1) is 22.3. The number of aryl methyl sites for hydroxylation is 2. The first-order chi connectivity index (χ1) is 16.0. The number of nitrogens with one attached hydrogen (secondary N) is 2. The van der Waals surface area contributed by atoms with E-state index in [4.69, 9.17) is 4.98 Å². The van der Waals surface area contributed by atoms with Crippen molar-refractivity contribution in [2.75, 3.05) is 5.32 Å². The Morgan fingerprint density at radius 2 is 1.70 bits per heavy atom. The van der Waals surface area contributed by atoms with Crippen LogP contribution in [0.4, 0.5) is 5.69 Å². The predicted octanol–water partition coefficient (Wildman–Crippen LogP) is 5.04. The first-order valence-corrected chi connectivity index (χ1v) is 11.2. The van der Waals surface area contributed by atoms with Crippen LogP contribution in [0.3, 0.4) is 0 Å². The highest BCUT2D eigenvalue weighted by Crippen LogP contribution is 2.24. The van der Waals surface area contributed by atoms with Crippen molar-refractivity contribution in [1.29, 1.82) is 0 Å². The second-order valence-electron chi connectivity index (χ2n) is 8.12. The molecule has 0 saturated carbocycles. The van der Waals surface area contributed by atoms with E-state index < -0.39 is 0 Å². The number of benzene rings is 3. The molecule has 3 aromatic carbocycles. The second kappa shape index (κ2) is 9.69. The number of carbonyl (C=O) groups is 2. The van der Waals surface area contributed by atoms with E-state index in [0.29, 0.717) is 11.4 Å². The quantitative estimate of drug-likeness (QED) is 0.423. The minimum absolute atomic E-state index is 0.0961. The summed E-state index contributed by atoms with van der Waals surface area (Å²) < 4.78 is 1.88. The Kier molecular flexibility index (Phi) is 6.54. The summed E-state index contributed by atoms with van der Waals surface area (Å²) in [6.45, 7) is 6.04. The SMILES string of the molecule is CCc1cccc(C)c1NC(=O)Cn1c(C(C)NC(=O)c2ccccc2)nc2ccccc21. The lowest BCUT2D eigenvalue weighted by molar-refractivity contribution is -0.116. The molecular weight excluding hydrogens is 412 g/mol. The summed E-state index contributed by atoms with van der Waals surface area (Å²) in [6.07, 6.45) is 0.832. The van der Waals surface area contributed by atoms with E-state index in [0.717, 1.165) is 34.3 Å². The highest BCUT2D eigenvalue weighted by Gasteiger charge is 2.21. The Balaban J connectivity index is 1.61. The Labute approximate surface area is 193 Å². The molecule has 1 unspecified atom stereocenters. The number of fused-ring (bicyclic) bond motifs is 1. The normalized spacial score (nSPS) is 11.8. The predicted molar refractivity (Wildman–Crippen MR) is 131 cm³/mol. The molecule has 1 aromatic heterocycles. The number of aromatic nitrogens is 2. The molecule has 0 aliphatic heterocycles. The zero-order valence-corrected chi connectivity index (χ0v) is 19.1. The fourth-order valence-electron chi connectivity index (χ4n) is 4.05. The largest absolute Gasteiger partial charge is 0.342 e. The number of para-hydroxylation sites is 3. The fraction of sp³-hybridized carbons (Fsp3) is 0.222. The van der Waals surface area contributed by atoms with Gasteiger partial charge < -0.3 is 15.2 Å². The number of carbonyl (C=O) groups excluding carboxylic acids is 2. The lowest BCUT2D eigenvalue weighted by atomic mass is 10.1. The minimum atomic E-state index is -0.387. The molecule has 168 valence electrons. The molecule has 4 rings (SSSR count).